The Morgan fingerprint density at radius 3 is 2.70 bits per heavy atom. The van der Waals surface area contributed by atoms with E-state index in [0.717, 1.165) is 6.54 Å². The first kappa shape index (κ1) is 9.59. The Bertz CT molecular complexity index is 93.6. The van der Waals surface area contributed by atoms with Gasteiger partial charge in [0, 0.05) is 13.0 Å². The predicted octanol–water partition coefficient (Wildman–Crippen LogP) is 0.201. The Balaban J connectivity index is 2.84. The second-order valence-corrected chi connectivity index (χ2v) is 2.17. The van der Waals surface area contributed by atoms with Crippen molar-refractivity contribution in [3.05, 3.63) is 0 Å². The van der Waals surface area contributed by atoms with Crippen LogP contribution in [0.3, 0.4) is 0 Å². The van der Waals surface area contributed by atoms with Crippen molar-refractivity contribution in [2.45, 2.75) is 13.3 Å². The van der Waals surface area contributed by atoms with Gasteiger partial charge >= 0.3 is 0 Å². The molecule has 0 bridgehead atoms. The molecule has 0 atom stereocenters. The smallest absolute Gasteiger partial charge is 0.132 e. The van der Waals surface area contributed by atoms with E-state index in [0.29, 0.717) is 19.6 Å². The summed E-state index contributed by atoms with van der Waals surface area (Å²) in [7, 11) is 1.87. The molecule has 0 fully saturated rings. The van der Waals surface area contributed by atoms with Crippen LogP contribution in [-0.2, 0) is 9.53 Å². The topological polar surface area (TPSA) is 38.3 Å². The van der Waals surface area contributed by atoms with Gasteiger partial charge in [0.2, 0.25) is 0 Å². The molecule has 10 heavy (non-hydrogen) atoms. The molecule has 0 radical (unpaired) electrons. The van der Waals surface area contributed by atoms with Gasteiger partial charge in [-0.3, -0.25) is 4.79 Å². The summed E-state index contributed by atoms with van der Waals surface area (Å²) in [6.45, 7) is 3.65. The highest BCUT2D eigenvalue weighted by Crippen LogP contribution is 1.82. The third-order valence-corrected chi connectivity index (χ3v) is 1.09. The molecule has 1 N–H and O–H groups in total. The van der Waals surface area contributed by atoms with Crippen molar-refractivity contribution in [3.8, 4) is 0 Å². The minimum absolute atomic E-state index is 0.185. The van der Waals surface area contributed by atoms with E-state index in [2.05, 4.69) is 5.32 Å². The summed E-state index contributed by atoms with van der Waals surface area (Å²) in [4.78, 5) is 10.4. The molecule has 0 saturated heterocycles. The summed E-state index contributed by atoms with van der Waals surface area (Å²) in [5.74, 6) is 0.185. The normalized spacial score (nSPS) is 9.80. The monoisotopic (exact) mass is 145 g/mol. The maximum Gasteiger partial charge on any atom is 0.132 e. The fraction of sp³-hybridized carbons (Fsp3) is 0.857. The van der Waals surface area contributed by atoms with Crippen LogP contribution < -0.4 is 5.32 Å². The highest BCUT2D eigenvalue weighted by molar-refractivity contribution is 5.75. The van der Waals surface area contributed by atoms with Crippen LogP contribution in [0.4, 0.5) is 0 Å². The molecule has 0 aromatic heterocycles. The molecule has 0 heterocycles. The zero-order valence-corrected chi connectivity index (χ0v) is 6.64. The van der Waals surface area contributed by atoms with E-state index in [1.54, 1.807) is 6.92 Å². The van der Waals surface area contributed by atoms with Crippen molar-refractivity contribution in [3.63, 3.8) is 0 Å². The number of ether oxygens (including phenoxy) is 1. The van der Waals surface area contributed by atoms with Gasteiger partial charge in [0.15, 0.2) is 0 Å². The van der Waals surface area contributed by atoms with Gasteiger partial charge < -0.3 is 10.1 Å². The second kappa shape index (κ2) is 6.71. The molecule has 0 spiro atoms. The van der Waals surface area contributed by atoms with E-state index in [1.807, 2.05) is 7.05 Å². The maximum absolute atomic E-state index is 10.4. The first-order valence-electron chi connectivity index (χ1n) is 3.49. The van der Waals surface area contributed by atoms with Crippen LogP contribution in [0.5, 0.6) is 0 Å². The third kappa shape index (κ3) is 7.59. The van der Waals surface area contributed by atoms with Crippen LogP contribution in [0.1, 0.15) is 13.3 Å². The molecule has 0 aliphatic carbocycles. The number of likely N-dealkylation sites (N-methyl/N-ethyl adjacent to an activating group) is 1. The fourth-order valence-corrected chi connectivity index (χ4v) is 0.492. The van der Waals surface area contributed by atoms with E-state index >= 15 is 0 Å². The van der Waals surface area contributed by atoms with E-state index in [1.165, 1.54) is 0 Å². The largest absolute Gasteiger partial charge is 0.380 e. The predicted molar refractivity (Wildman–Crippen MR) is 40.0 cm³/mol. The molecule has 0 aliphatic rings. The average Bonchev–Trinajstić information content (AvgIpc) is 1.87. The zero-order chi connectivity index (χ0) is 7.82. The molecule has 0 aromatic rings. The average molecular weight is 145 g/mol. The van der Waals surface area contributed by atoms with Crippen molar-refractivity contribution in [1.82, 2.24) is 5.32 Å². The number of carbonyl (C=O) groups is 1. The molecular weight excluding hydrogens is 130 g/mol. The summed E-state index contributed by atoms with van der Waals surface area (Å²) in [5.41, 5.74) is 0. The highest BCUT2D eigenvalue weighted by atomic mass is 16.5. The molecule has 0 aliphatic heterocycles. The number of Topliss-reactive ketones (excluding diaryl/α,β-unsaturated/α-hetero) is 1. The molecule has 3 heteroatoms. The minimum atomic E-state index is 0.185. The number of ketones is 1. The minimum Gasteiger partial charge on any atom is -0.380 e. The molecule has 0 unspecified atom stereocenters. The van der Waals surface area contributed by atoms with Crippen LogP contribution >= 0.6 is 0 Å². The van der Waals surface area contributed by atoms with Crippen LogP contribution in [0.25, 0.3) is 0 Å². The van der Waals surface area contributed by atoms with Gasteiger partial charge in [-0.1, -0.05) is 0 Å². The van der Waals surface area contributed by atoms with Crippen molar-refractivity contribution >= 4 is 5.78 Å². The van der Waals surface area contributed by atoms with Crippen LogP contribution in [-0.4, -0.2) is 32.6 Å². The molecule has 0 aromatic carbocycles. The van der Waals surface area contributed by atoms with Gasteiger partial charge in [0.25, 0.3) is 0 Å². The van der Waals surface area contributed by atoms with Gasteiger partial charge in [0.1, 0.15) is 5.78 Å². The first-order valence-corrected chi connectivity index (χ1v) is 3.49. The van der Waals surface area contributed by atoms with Gasteiger partial charge in [-0.15, -0.1) is 0 Å². The van der Waals surface area contributed by atoms with Gasteiger partial charge in [-0.2, -0.15) is 0 Å². The summed E-state index contributed by atoms with van der Waals surface area (Å²) in [6.07, 6.45) is 0.531. The Hall–Kier alpha value is -0.410. The third-order valence-electron chi connectivity index (χ3n) is 1.09. The summed E-state index contributed by atoms with van der Waals surface area (Å²) >= 11 is 0. The van der Waals surface area contributed by atoms with Crippen molar-refractivity contribution < 1.29 is 9.53 Å². The van der Waals surface area contributed by atoms with Crippen LogP contribution in [0.15, 0.2) is 0 Å². The lowest BCUT2D eigenvalue weighted by Gasteiger charge is -2.00. The number of hydrogen-bond acceptors (Lipinski definition) is 3. The molecular formula is C7H15NO2. The Labute approximate surface area is 61.8 Å². The fourth-order valence-electron chi connectivity index (χ4n) is 0.492. The SMILES string of the molecule is CNCCOCCC(C)=O. The molecule has 0 saturated carbocycles. The summed E-state index contributed by atoms with van der Waals surface area (Å²) in [5, 5.41) is 2.95. The lowest BCUT2D eigenvalue weighted by atomic mass is 10.3. The van der Waals surface area contributed by atoms with Gasteiger partial charge in [-0.05, 0) is 14.0 Å². The number of carbonyl (C=O) groups excluding carboxylic acids is 1. The maximum atomic E-state index is 10.4. The number of nitrogens with one attached hydrogen (secondary N) is 1. The molecule has 0 rings (SSSR count). The molecule has 0 amide bonds. The Morgan fingerprint density at radius 1 is 1.50 bits per heavy atom. The van der Waals surface area contributed by atoms with Crippen LogP contribution in [0, 0.1) is 0 Å². The van der Waals surface area contributed by atoms with E-state index in [9.17, 15) is 4.79 Å². The summed E-state index contributed by atoms with van der Waals surface area (Å²) < 4.78 is 5.10. The Kier molecular flexibility index (Phi) is 6.43. The standard InChI is InChI=1S/C7H15NO2/c1-7(9)3-5-10-6-4-8-2/h8H,3-6H2,1-2H3. The summed E-state index contributed by atoms with van der Waals surface area (Å²) in [6, 6.07) is 0. The number of rotatable bonds is 6. The van der Waals surface area contributed by atoms with E-state index in [4.69, 9.17) is 4.74 Å². The quantitative estimate of drug-likeness (QED) is 0.543. The lowest BCUT2D eigenvalue weighted by Crippen LogP contribution is -2.15. The van der Waals surface area contributed by atoms with Crippen molar-refractivity contribution in [1.29, 1.82) is 0 Å². The van der Waals surface area contributed by atoms with Crippen molar-refractivity contribution in [2.75, 3.05) is 26.8 Å². The first-order chi connectivity index (χ1) is 4.77. The molecule has 3 nitrogen and oxygen atoms in total. The van der Waals surface area contributed by atoms with Gasteiger partial charge in [0.05, 0.1) is 13.2 Å². The van der Waals surface area contributed by atoms with Gasteiger partial charge in [-0.25, -0.2) is 0 Å². The second-order valence-electron chi connectivity index (χ2n) is 2.17. The van der Waals surface area contributed by atoms with E-state index < -0.39 is 0 Å². The van der Waals surface area contributed by atoms with E-state index in [-0.39, 0.29) is 5.78 Å². The number of hydrogen-bond donors (Lipinski definition) is 1. The van der Waals surface area contributed by atoms with Crippen molar-refractivity contribution in [2.24, 2.45) is 0 Å². The van der Waals surface area contributed by atoms with Crippen LogP contribution in [0.2, 0.25) is 0 Å². The lowest BCUT2D eigenvalue weighted by molar-refractivity contribution is -0.118. The highest BCUT2D eigenvalue weighted by Gasteiger charge is 1.91. The molecule has 60 valence electrons. The Morgan fingerprint density at radius 2 is 2.20 bits per heavy atom. The zero-order valence-electron chi connectivity index (χ0n) is 6.64.